The highest BCUT2D eigenvalue weighted by atomic mass is 32.1. The van der Waals surface area contributed by atoms with Crippen LogP contribution in [0.4, 0.5) is 5.69 Å². The molecule has 1 aliphatic rings. The molecule has 3 aromatic rings. The SMILES string of the molecule is O=C(CCCCc1nc2ccccc2s1)NCCN1CCN(c2ccccc2)CC1. The van der Waals surface area contributed by atoms with Gasteiger partial charge in [0.2, 0.25) is 5.91 Å². The fourth-order valence-corrected chi connectivity index (χ4v) is 4.91. The Bertz CT molecular complexity index is 902. The van der Waals surface area contributed by atoms with Crippen LogP contribution in [-0.2, 0) is 11.2 Å². The van der Waals surface area contributed by atoms with Gasteiger partial charge in [0.05, 0.1) is 15.2 Å². The predicted octanol–water partition coefficient (Wildman–Crippen LogP) is 3.95. The lowest BCUT2D eigenvalue weighted by molar-refractivity contribution is -0.121. The first-order valence-electron chi connectivity index (χ1n) is 10.9. The molecule has 1 amide bonds. The van der Waals surface area contributed by atoms with Crippen molar-refractivity contribution in [3.63, 3.8) is 0 Å². The lowest BCUT2D eigenvalue weighted by Crippen LogP contribution is -2.48. The number of nitrogens with one attached hydrogen (secondary N) is 1. The van der Waals surface area contributed by atoms with Crippen molar-refractivity contribution in [1.82, 2.24) is 15.2 Å². The van der Waals surface area contributed by atoms with Gasteiger partial charge < -0.3 is 10.2 Å². The first-order chi connectivity index (χ1) is 14.8. The second-order valence-corrected chi connectivity index (χ2v) is 8.91. The third kappa shape index (κ3) is 5.80. The zero-order valence-corrected chi connectivity index (χ0v) is 18.2. The number of carbonyl (C=O) groups is 1. The average molecular weight is 423 g/mol. The van der Waals surface area contributed by atoms with Crippen molar-refractivity contribution >= 4 is 33.1 Å². The summed E-state index contributed by atoms with van der Waals surface area (Å²) in [5, 5.41) is 4.26. The summed E-state index contributed by atoms with van der Waals surface area (Å²) in [5.41, 5.74) is 2.39. The molecule has 1 aliphatic heterocycles. The van der Waals surface area contributed by atoms with Gasteiger partial charge in [-0.05, 0) is 43.5 Å². The van der Waals surface area contributed by atoms with E-state index in [2.05, 4.69) is 68.6 Å². The summed E-state index contributed by atoms with van der Waals surface area (Å²) in [6, 6.07) is 18.8. The molecule has 1 N–H and O–H groups in total. The molecule has 1 saturated heterocycles. The van der Waals surface area contributed by atoms with E-state index in [-0.39, 0.29) is 5.91 Å². The van der Waals surface area contributed by atoms with Gasteiger partial charge in [-0.25, -0.2) is 4.98 Å². The zero-order valence-electron chi connectivity index (χ0n) is 17.4. The number of hydrogen-bond acceptors (Lipinski definition) is 5. The van der Waals surface area contributed by atoms with Crippen LogP contribution in [-0.4, -0.2) is 55.1 Å². The van der Waals surface area contributed by atoms with E-state index < -0.39 is 0 Å². The molecule has 1 aromatic heterocycles. The van der Waals surface area contributed by atoms with Gasteiger partial charge in [-0.1, -0.05) is 30.3 Å². The third-order valence-corrected chi connectivity index (χ3v) is 6.72. The van der Waals surface area contributed by atoms with E-state index in [1.807, 2.05) is 6.07 Å². The van der Waals surface area contributed by atoms with E-state index in [9.17, 15) is 4.79 Å². The van der Waals surface area contributed by atoms with E-state index in [0.29, 0.717) is 6.42 Å². The van der Waals surface area contributed by atoms with E-state index in [0.717, 1.165) is 64.0 Å². The number of nitrogens with zero attached hydrogens (tertiary/aromatic N) is 3. The summed E-state index contributed by atoms with van der Waals surface area (Å²) < 4.78 is 1.25. The molecule has 2 aromatic carbocycles. The van der Waals surface area contributed by atoms with Gasteiger partial charge in [0.1, 0.15) is 0 Å². The van der Waals surface area contributed by atoms with Gasteiger partial charge in [-0.2, -0.15) is 0 Å². The van der Waals surface area contributed by atoms with E-state index in [1.54, 1.807) is 11.3 Å². The predicted molar refractivity (Wildman–Crippen MR) is 125 cm³/mol. The summed E-state index contributed by atoms with van der Waals surface area (Å²) in [4.78, 5) is 21.7. The molecule has 0 bridgehead atoms. The highest BCUT2D eigenvalue weighted by Crippen LogP contribution is 2.22. The maximum absolute atomic E-state index is 12.1. The van der Waals surface area contributed by atoms with Crippen molar-refractivity contribution in [2.45, 2.75) is 25.7 Å². The third-order valence-electron chi connectivity index (χ3n) is 5.63. The molecule has 6 heteroatoms. The van der Waals surface area contributed by atoms with Crippen molar-refractivity contribution in [2.24, 2.45) is 0 Å². The summed E-state index contributed by atoms with van der Waals surface area (Å²) >= 11 is 1.76. The molecule has 2 heterocycles. The fraction of sp³-hybridized carbons (Fsp3) is 0.417. The lowest BCUT2D eigenvalue weighted by Gasteiger charge is -2.36. The minimum Gasteiger partial charge on any atom is -0.369 e. The number of rotatable bonds is 9. The molecule has 4 rings (SSSR count). The number of aryl methyl sites for hydroxylation is 1. The Morgan fingerprint density at radius 3 is 2.53 bits per heavy atom. The van der Waals surface area contributed by atoms with Gasteiger partial charge in [0.15, 0.2) is 0 Å². The topological polar surface area (TPSA) is 48.5 Å². The number of piperazine rings is 1. The van der Waals surface area contributed by atoms with Crippen LogP contribution < -0.4 is 10.2 Å². The Morgan fingerprint density at radius 2 is 1.73 bits per heavy atom. The summed E-state index contributed by atoms with van der Waals surface area (Å²) in [6.45, 7) is 5.86. The molecule has 0 aliphatic carbocycles. The molecule has 0 atom stereocenters. The number of benzene rings is 2. The fourth-order valence-electron chi connectivity index (χ4n) is 3.90. The molecule has 1 fully saturated rings. The first kappa shape index (κ1) is 20.8. The number of thiazole rings is 1. The molecule has 5 nitrogen and oxygen atoms in total. The Labute approximate surface area is 182 Å². The Kier molecular flexibility index (Phi) is 7.32. The van der Waals surface area contributed by atoms with Crippen LogP contribution >= 0.6 is 11.3 Å². The number of amides is 1. The number of carbonyl (C=O) groups excluding carboxylic acids is 1. The second kappa shape index (κ2) is 10.5. The molecular weight excluding hydrogens is 392 g/mol. The molecule has 158 valence electrons. The molecule has 0 spiro atoms. The van der Waals surface area contributed by atoms with Crippen molar-refractivity contribution in [3.8, 4) is 0 Å². The monoisotopic (exact) mass is 422 g/mol. The summed E-state index contributed by atoms with van der Waals surface area (Å²) in [5.74, 6) is 0.169. The Morgan fingerprint density at radius 1 is 0.967 bits per heavy atom. The smallest absolute Gasteiger partial charge is 0.220 e. The molecular formula is C24H30N4OS. The van der Waals surface area contributed by atoms with Crippen molar-refractivity contribution in [3.05, 3.63) is 59.6 Å². The number of fused-ring (bicyclic) bond motifs is 1. The Hall–Kier alpha value is -2.44. The molecule has 0 saturated carbocycles. The van der Waals surface area contributed by atoms with Crippen LogP contribution in [0.25, 0.3) is 10.2 Å². The number of hydrogen-bond donors (Lipinski definition) is 1. The van der Waals surface area contributed by atoms with Crippen LogP contribution in [0.15, 0.2) is 54.6 Å². The van der Waals surface area contributed by atoms with Crippen molar-refractivity contribution < 1.29 is 4.79 Å². The van der Waals surface area contributed by atoms with Crippen LogP contribution in [0.3, 0.4) is 0 Å². The molecule has 0 unspecified atom stereocenters. The van der Waals surface area contributed by atoms with Gasteiger partial charge in [-0.3, -0.25) is 9.69 Å². The standard InChI is InChI=1S/C24H30N4OS/c29-23(12-6-7-13-24-26-21-10-4-5-11-22(21)30-24)25-14-15-27-16-18-28(19-17-27)20-8-2-1-3-9-20/h1-5,8-11H,6-7,12-19H2,(H,25,29). The largest absolute Gasteiger partial charge is 0.369 e. The number of aromatic nitrogens is 1. The van der Waals surface area contributed by atoms with Gasteiger partial charge in [-0.15, -0.1) is 11.3 Å². The van der Waals surface area contributed by atoms with E-state index >= 15 is 0 Å². The van der Waals surface area contributed by atoms with Crippen LogP contribution in [0.2, 0.25) is 0 Å². The number of unbranched alkanes of at least 4 members (excludes halogenated alkanes) is 1. The van der Waals surface area contributed by atoms with Crippen molar-refractivity contribution in [2.75, 3.05) is 44.2 Å². The van der Waals surface area contributed by atoms with Gasteiger partial charge in [0.25, 0.3) is 0 Å². The number of para-hydroxylation sites is 2. The van der Waals surface area contributed by atoms with E-state index in [4.69, 9.17) is 0 Å². The number of anilines is 1. The Balaban J connectivity index is 1.07. The van der Waals surface area contributed by atoms with Gasteiger partial charge >= 0.3 is 0 Å². The van der Waals surface area contributed by atoms with E-state index in [1.165, 1.54) is 15.4 Å². The molecule has 30 heavy (non-hydrogen) atoms. The summed E-state index contributed by atoms with van der Waals surface area (Å²) in [6.07, 6.45) is 3.48. The normalized spacial score (nSPS) is 14.9. The zero-order chi connectivity index (χ0) is 20.6. The second-order valence-electron chi connectivity index (χ2n) is 7.80. The summed E-state index contributed by atoms with van der Waals surface area (Å²) in [7, 11) is 0. The minimum absolute atomic E-state index is 0.169. The maximum atomic E-state index is 12.1. The quantitative estimate of drug-likeness (QED) is 0.531. The highest BCUT2D eigenvalue weighted by molar-refractivity contribution is 7.18. The maximum Gasteiger partial charge on any atom is 0.220 e. The van der Waals surface area contributed by atoms with Crippen LogP contribution in [0.1, 0.15) is 24.3 Å². The lowest BCUT2D eigenvalue weighted by atomic mass is 10.2. The highest BCUT2D eigenvalue weighted by Gasteiger charge is 2.16. The first-order valence-corrected chi connectivity index (χ1v) is 11.7. The molecule has 0 radical (unpaired) electrons. The minimum atomic E-state index is 0.169. The van der Waals surface area contributed by atoms with Crippen LogP contribution in [0, 0.1) is 0 Å². The van der Waals surface area contributed by atoms with Crippen molar-refractivity contribution in [1.29, 1.82) is 0 Å². The average Bonchev–Trinajstić information content (AvgIpc) is 3.21. The van der Waals surface area contributed by atoms with Crippen LogP contribution in [0.5, 0.6) is 0 Å². The van der Waals surface area contributed by atoms with Gasteiger partial charge in [0, 0.05) is 51.4 Å².